The maximum absolute atomic E-state index is 11.2. The summed E-state index contributed by atoms with van der Waals surface area (Å²) in [7, 11) is 0. The number of hydrogen-bond donors (Lipinski definition) is 1. The molecule has 7 heteroatoms. The van der Waals surface area contributed by atoms with E-state index in [9.17, 15) is 10.1 Å². The predicted molar refractivity (Wildman–Crippen MR) is 74.8 cm³/mol. The molecule has 1 unspecified atom stereocenters. The van der Waals surface area contributed by atoms with E-state index in [1.54, 1.807) is 11.6 Å². The Kier molecular flexibility index (Phi) is 3.14. The van der Waals surface area contributed by atoms with Crippen LogP contribution in [0, 0.1) is 16.0 Å². The van der Waals surface area contributed by atoms with E-state index in [4.69, 9.17) is 0 Å². The molecule has 1 fully saturated rings. The third kappa shape index (κ3) is 2.56. The number of imidazole rings is 1. The van der Waals surface area contributed by atoms with Crippen molar-refractivity contribution >= 4 is 27.9 Å². The Morgan fingerprint density at radius 3 is 3.16 bits per heavy atom. The fourth-order valence-electron chi connectivity index (χ4n) is 2.24. The predicted octanol–water partition coefficient (Wildman–Crippen LogP) is 3.29. The first kappa shape index (κ1) is 12.4. The summed E-state index contributed by atoms with van der Waals surface area (Å²) in [5.41, 5.74) is 0. The molecular formula is C12H16N4O2S. The molecular weight excluding hydrogens is 264 g/mol. The molecule has 3 rings (SSSR count). The van der Waals surface area contributed by atoms with Crippen LogP contribution in [0.25, 0.3) is 4.96 Å². The summed E-state index contributed by atoms with van der Waals surface area (Å²) in [5.74, 6) is 1.30. The zero-order valence-corrected chi connectivity index (χ0v) is 11.5. The molecule has 1 aliphatic carbocycles. The SMILES string of the molecule is CC(CCC1CC1)Nc1nc2sccn2c1[N+](=O)[O-]. The minimum absolute atomic E-state index is 0.0366. The lowest BCUT2D eigenvalue weighted by molar-refractivity contribution is -0.389. The molecule has 6 nitrogen and oxygen atoms in total. The smallest absolute Gasteiger partial charge is 0.360 e. The second kappa shape index (κ2) is 4.80. The van der Waals surface area contributed by atoms with Gasteiger partial charge in [-0.1, -0.05) is 24.2 Å². The Bertz CT molecular complexity index is 602. The Hall–Kier alpha value is -1.63. The van der Waals surface area contributed by atoms with Crippen molar-refractivity contribution in [3.63, 3.8) is 0 Å². The van der Waals surface area contributed by atoms with Gasteiger partial charge in [-0.2, -0.15) is 9.38 Å². The van der Waals surface area contributed by atoms with Gasteiger partial charge in [0.2, 0.25) is 5.82 Å². The normalized spacial score (nSPS) is 16.7. The van der Waals surface area contributed by atoms with Crippen LogP contribution in [0.1, 0.15) is 32.6 Å². The molecule has 1 aliphatic rings. The third-order valence-corrected chi connectivity index (χ3v) is 4.25. The molecule has 2 aromatic rings. The number of nitrogens with zero attached hydrogens (tertiary/aromatic N) is 3. The fraction of sp³-hybridized carbons (Fsp3) is 0.583. The van der Waals surface area contributed by atoms with Crippen molar-refractivity contribution in [2.75, 3.05) is 5.32 Å². The van der Waals surface area contributed by atoms with Crippen LogP contribution in [0.2, 0.25) is 0 Å². The highest BCUT2D eigenvalue weighted by Gasteiger charge is 2.26. The minimum atomic E-state index is -0.372. The van der Waals surface area contributed by atoms with E-state index in [2.05, 4.69) is 17.2 Å². The van der Waals surface area contributed by atoms with Gasteiger partial charge in [-0.3, -0.25) is 0 Å². The number of aromatic nitrogens is 2. The monoisotopic (exact) mass is 280 g/mol. The molecule has 0 amide bonds. The summed E-state index contributed by atoms with van der Waals surface area (Å²) in [6.45, 7) is 2.06. The van der Waals surface area contributed by atoms with Crippen LogP contribution < -0.4 is 5.32 Å². The summed E-state index contributed by atoms with van der Waals surface area (Å²) in [6, 6.07) is 0.212. The lowest BCUT2D eigenvalue weighted by Crippen LogP contribution is -2.16. The van der Waals surface area contributed by atoms with Crippen LogP contribution in [0.15, 0.2) is 11.6 Å². The van der Waals surface area contributed by atoms with Gasteiger partial charge >= 0.3 is 5.82 Å². The van der Waals surface area contributed by atoms with Crippen LogP contribution in [-0.4, -0.2) is 20.3 Å². The van der Waals surface area contributed by atoms with E-state index in [0.717, 1.165) is 12.3 Å². The lowest BCUT2D eigenvalue weighted by atomic mass is 10.1. The Morgan fingerprint density at radius 1 is 1.68 bits per heavy atom. The number of anilines is 1. The molecule has 102 valence electrons. The van der Waals surface area contributed by atoms with Gasteiger partial charge in [0.15, 0.2) is 0 Å². The van der Waals surface area contributed by atoms with Crippen molar-refractivity contribution in [3.8, 4) is 0 Å². The van der Waals surface area contributed by atoms with E-state index in [-0.39, 0.29) is 16.8 Å². The van der Waals surface area contributed by atoms with Crippen molar-refractivity contribution in [2.45, 2.75) is 38.6 Å². The molecule has 2 aromatic heterocycles. The van der Waals surface area contributed by atoms with Gasteiger partial charge in [-0.25, -0.2) is 0 Å². The molecule has 2 heterocycles. The molecule has 1 N–H and O–H groups in total. The third-order valence-electron chi connectivity index (χ3n) is 3.50. The Morgan fingerprint density at radius 2 is 2.47 bits per heavy atom. The van der Waals surface area contributed by atoms with Gasteiger partial charge in [-0.05, 0) is 30.6 Å². The molecule has 1 saturated carbocycles. The quantitative estimate of drug-likeness (QED) is 0.651. The summed E-state index contributed by atoms with van der Waals surface area (Å²) < 4.78 is 1.53. The molecule has 0 aromatic carbocycles. The van der Waals surface area contributed by atoms with Crippen molar-refractivity contribution in [3.05, 3.63) is 21.7 Å². The highest BCUT2D eigenvalue weighted by atomic mass is 32.1. The molecule has 0 saturated heterocycles. The molecule has 0 radical (unpaired) electrons. The van der Waals surface area contributed by atoms with Gasteiger partial charge in [0, 0.05) is 11.4 Å². The summed E-state index contributed by atoms with van der Waals surface area (Å²) in [5, 5.41) is 16.1. The number of nitro groups is 1. The second-order valence-corrected chi connectivity index (χ2v) is 6.04. The molecule has 19 heavy (non-hydrogen) atoms. The molecule has 0 spiro atoms. The average molecular weight is 280 g/mol. The van der Waals surface area contributed by atoms with E-state index in [1.165, 1.54) is 35.0 Å². The number of fused-ring (bicyclic) bond motifs is 1. The van der Waals surface area contributed by atoms with Crippen molar-refractivity contribution in [2.24, 2.45) is 5.92 Å². The Labute approximate surface area is 114 Å². The standard InChI is InChI=1S/C12H16N4O2S/c1-8(2-3-9-4-5-9)13-10-11(16(17)18)15-6-7-19-12(15)14-10/h6-9,13H,2-5H2,1H3. The number of thiazole rings is 1. The van der Waals surface area contributed by atoms with E-state index in [1.807, 2.05) is 0 Å². The van der Waals surface area contributed by atoms with E-state index in [0.29, 0.717) is 10.8 Å². The fourth-order valence-corrected chi connectivity index (χ4v) is 2.95. The number of hydrogen-bond acceptors (Lipinski definition) is 5. The first-order chi connectivity index (χ1) is 9.15. The number of rotatable bonds is 6. The summed E-state index contributed by atoms with van der Waals surface area (Å²) >= 11 is 1.40. The van der Waals surface area contributed by atoms with Crippen LogP contribution in [0.5, 0.6) is 0 Å². The van der Waals surface area contributed by atoms with Gasteiger partial charge in [-0.15, -0.1) is 0 Å². The maximum Gasteiger partial charge on any atom is 0.372 e. The van der Waals surface area contributed by atoms with Crippen molar-refractivity contribution < 1.29 is 4.92 Å². The first-order valence-electron chi connectivity index (χ1n) is 6.51. The molecule has 0 aliphatic heterocycles. The number of nitrogens with one attached hydrogen (secondary N) is 1. The van der Waals surface area contributed by atoms with E-state index >= 15 is 0 Å². The highest BCUT2D eigenvalue weighted by Crippen LogP contribution is 2.34. The minimum Gasteiger partial charge on any atom is -0.360 e. The zero-order valence-electron chi connectivity index (χ0n) is 10.7. The van der Waals surface area contributed by atoms with E-state index < -0.39 is 0 Å². The van der Waals surface area contributed by atoms with Crippen LogP contribution in [-0.2, 0) is 0 Å². The lowest BCUT2D eigenvalue weighted by Gasteiger charge is -2.12. The van der Waals surface area contributed by atoms with Crippen LogP contribution in [0.4, 0.5) is 11.6 Å². The zero-order chi connectivity index (χ0) is 13.4. The average Bonchev–Trinajstić information content (AvgIpc) is 2.97. The van der Waals surface area contributed by atoms with Gasteiger partial charge < -0.3 is 15.4 Å². The largest absolute Gasteiger partial charge is 0.372 e. The van der Waals surface area contributed by atoms with Crippen molar-refractivity contribution in [1.82, 2.24) is 9.38 Å². The van der Waals surface area contributed by atoms with Crippen LogP contribution >= 0.6 is 11.3 Å². The Balaban J connectivity index is 1.76. The van der Waals surface area contributed by atoms with Gasteiger partial charge in [0.25, 0.3) is 4.96 Å². The molecule has 0 bridgehead atoms. The van der Waals surface area contributed by atoms with Gasteiger partial charge in [0.05, 0.1) is 0 Å². The van der Waals surface area contributed by atoms with Crippen molar-refractivity contribution in [1.29, 1.82) is 0 Å². The maximum atomic E-state index is 11.2. The molecule has 1 atom stereocenters. The topological polar surface area (TPSA) is 72.5 Å². The summed E-state index contributed by atoms with van der Waals surface area (Å²) in [4.78, 5) is 15.8. The van der Waals surface area contributed by atoms with Crippen LogP contribution in [0.3, 0.4) is 0 Å². The second-order valence-electron chi connectivity index (χ2n) is 5.16. The summed E-state index contributed by atoms with van der Waals surface area (Å²) in [6.07, 6.45) is 6.60. The van der Waals surface area contributed by atoms with Gasteiger partial charge in [0.1, 0.15) is 6.20 Å². The first-order valence-corrected chi connectivity index (χ1v) is 7.39. The highest BCUT2D eigenvalue weighted by molar-refractivity contribution is 7.15.